The maximum Gasteiger partial charge on any atom is 0.150 e. The summed E-state index contributed by atoms with van der Waals surface area (Å²) >= 11 is 1.68. The standard InChI is InChI=1S/C11H10N2OS/c1-6-2-9-8(7(4-12)5-13)3-10(14)11(9)15-6/h6,9,11H,2-3H2,1H3. The van der Waals surface area contributed by atoms with Crippen LogP contribution in [0.15, 0.2) is 11.1 Å². The van der Waals surface area contributed by atoms with Crippen molar-refractivity contribution in [2.45, 2.75) is 30.3 Å². The Hall–Kier alpha value is -1.26. The van der Waals surface area contributed by atoms with E-state index in [2.05, 4.69) is 6.92 Å². The van der Waals surface area contributed by atoms with Crippen molar-refractivity contribution >= 4 is 17.5 Å². The lowest BCUT2D eigenvalue weighted by molar-refractivity contribution is -0.116. The third kappa shape index (κ3) is 1.56. The van der Waals surface area contributed by atoms with Crippen molar-refractivity contribution in [2.75, 3.05) is 0 Å². The van der Waals surface area contributed by atoms with E-state index in [1.54, 1.807) is 11.8 Å². The molecule has 2 rings (SSSR count). The van der Waals surface area contributed by atoms with E-state index in [0.717, 1.165) is 12.0 Å². The fourth-order valence-electron chi connectivity index (χ4n) is 2.37. The Labute approximate surface area is 92.8 Å². The molecule has 3 atom stereocenters. The number of fused-ring (bicyclic) bond motifs is 1. The maximum atomic E-state index is 11.7. The van der Waals surface area contributed by atoms with Crippen molar-refractivity contribution in [2.24, 2.45) is 5.92 Å². The van der Waals surface area contributed by atoms with Gasteiger partial charge in [-0.15, -0.1) is 11.8 Å². The van der Waals surface area contributed by atoms with E-state index in [-0.39, 0.29) is 22.5 Å². The van der Waals surface area contributed by atoms with Crippen LogP contribution in [0.1, 0.15) is 19.8 Å². The highest BCUT2D eigenvalue weighted by Crippen LogP contribution is 2.49. The summed E-state index contributed by atoms with van der Waals surface area (Å²) in [5.74, 6) is 0.333. The Morgan fingerprint density at radius 3 is 2.73 bits per heavy atom. The Morgan fingerprint density at radius 1 is 1.47 bits per heavy atom. The van der Waals surface area contributed by atoms with Gasteiger partial charge in [-0.3, -0.25) is 4.79 Å². The van der Waals surface area contributed by atoms with Crippen LogP contribution in [0.4, 0.5) is 0 Å². The van der Waals surface area contributed by atoms with Crippen molar-refractivity contribution in [1.82, 2.24) is 0 Å². The summed E-state index contributed by atoms with van der Waals surface area (Å²) in [6.45, 7) is 2.09. The largest absolute Gasteiger partial charge is 0.298 e. The van der Waals surface area contributed by atoms with Crippen LogP contribution >= 0.6 is 11.8 Å². The number of allylic oxidation sites excluding steroid dienone is 2. The number of carbonyl (C=O) groups is 1. The highest BCUT2D eigenvalue weighted by Gasteiger charge is 2.46. The second-order valence-electron chi connectivity index (χ2n) is 3.98. The smallest absolute Gasteiger partial charge is 0.150 e. The van der Waals surface area contributed by atoms with E-state index >= 15 is 0 Å². The molecule has 2 fully saturated rings. The summed E-state index contributed by atoms with van der Waals surface area (Å²) in [7, 11) is 0. The number of carbonyl (C=O) groups excluding carboxylic acids is 1. The van der Waals surface area contributed by atoms with E-state index in [1.807, 2.05) is 12.1 Å². The molecule has 1 heterocycles. The first-order chi connectivity index (χ1) is 7.17. The summed E-state index contributed by atoms with van der Waals surface area (Å²) in [5.41, 5.74) is 0.942. The summed E-state index contributed by atoms with van der Waals surface area (Å²) in [4.78, 5) is 11.7. The minimum absolute atomic E-state index is 0.00620. The second-order valence-corrected chi connectivity index (χ2v) is 5.56. The zero-order valence-electron chi connectivity index (χ0n) is 8.36. The molecule has 76 valence electrons. The molecule has 0 radical (unpaired) electrons. The number of nitrogens with zero attached hydrogens (tertiary/aromatic N) is 2. The van der Waals surface area contributed by atoms with Gasteiger partial charge in [0.25, 0.3) is 0 Å². The zero-order valence-corrected chi connectivity index (χ0v) is 9.17. The molecule has 0 N–H and O–H groups in total. The fraction of sp³-hybridized carbons (Fsp3) is 0.545. The van der Waals surface area contributed by atoms with Crippen molar-refractivity contribution < 1.29 is 4.79 Å². The molecule has 3 nitrogen and oxygen atoms in total. The molecule has 0 bridgehead atoms. The van der Waals surface area contributed by atoms with Crippen LogP contribution in [0.5, 0.6) is 0 Å². The predicted octanol–water partition coefficient (Wildman–Crippen LogP) is 1.81. The maximum absolute atomic E-state index is 11.7. The number of nitriles is 2. The quantitative estimate of drug-likeness (QED) is 0.582. The first-order valence-electron chi connectivity index (χ1n) is 4.88. The van der Waals surface area contributed by atoms with Gasteiger partial charge in [-0.2, -0.15) is 10.5 Å². The fourth-order valence-corrected chi connectivity index (χ4v) is 3.89. The molecular weight excluding hydrogens is 208 g/mol. The molecule has 15 heavy (non-hydrogen) atoms. The van der Waals surface area contributed by atoms with E-state index in [0.29, 0.717) is 11.7 Å². The van der Waals surface area contributed by atoms with E-state index in [4.69, 9.17) is 10.5 Å². The van der Waals surface area contributed by atoms with Crippen LogP contribution < -0.4 is 0 Å². The lowest BCUT2D eigenvalue weighted by atomic mass is 9.94. The van der Waals surface area contributed by atoms with Gasteiger partial charge in [-0.05, 0) is 12.0 Å². The van der Waals surface area contributed by atoms with Crippen molar-refractivity contribution in [3.05, 3.63) is 11.1 Å². The summed E-state index contributed by atoms with van der Waals surface area (Å²) in [6.07, 6.45) is 1.23. The molecule has 1 saturated carbocycles. The highest BCUT2D eigenvalue weighted by molar-refractivity contribution is 8.01. The number of Topliss-reactive ketones (excluding diaryl/α,β-unsaturated/α-hetero) is 1. The van der Waals surface area contributed by atoms with Crippen molar-refractivity contribution in [3.63, 3.8) is 0 Å². The Morgan fingerprint density at radius 2 is 2.13 bits per heavy atom. The summed E-state index contributed by atoms with van der Waals surface area (Å²) < 4.78 is 0. The Balaban J connectivity index is 2.40. The third-order valence-electron chi connectivity index (χ3n) is 3.00. The molecule has 0 spiro atoms. The SMILES string of the molecule is CC1CC2C(=C(C#N)C#N)CC(=O)C2S1. The minimum Gasteiger partial charge on any atom is -0.298 e. The molecule has 4 heteroatoms. The first-order valence-corrected chi connectivity index (χ1v) is 5.83. The lowest BCUT2D eigenvalue weighted by Gasteiger charge is -2.07. The molecule has 2 aliphatic rings. The van der Waals surface area contributed by atoms with E-state index < -0.39 is 0 Å². The Bertz CT molecular complexity index is 411. The average molecular weight is 218 g/mol. The molecule has 0 aromatic heterocycles. The number of hydrogen-bond acceptors (Lipinski definition) is 4. The van der Waals surface area contributed by atoms with Gasteiger partial charge in [0.05, 0.1) is 5.25 Å². The third-order valence-corrected chi connectivity index (χ3v) is 4.55. The highest BCUT2D eigenvalue weighted by atomic mass is 32.2. The van der Waals surface area contributed by atoms with Gasteiger partial charge in [0.2, 0.25) is 0 Å². The number of ketones is 1. The van der Waals surface area contributed by atoms with Crippen LogP contribution in [-0.4, -0.2) is 16.3 Å². The van der Waals surface area contributed by atoms with Gasteiger partial charge < -0.3 is 0 Å². The minimum atomic E-state index is 0.00620. The molecule has 0 aromatic rings. The van der Waals surface area contributed by atoms with Crippen LogP contribution in [-0.2, 0) is 4.79 Å². The van der Waals surface area contributed by atoms with Crippen molar-refractivity contribution in [1.29, 1.82) is 10.5 Å². The number of thioether (sulfide) groups is 1. The average Bonchev–Trinajstić information content (AvgIpc) is 2.70. The summed E-state index contributed by atoms with van der Waals surface area (Å²) in [5, 5.41) is 18.1. The monoisotopic (exact) mass is 218 g/mol. The van der Waals surface area contributed by atoms with Crippen LogP contribution in [0, 0.1) is 28.6 Å². The molecular formula is C11H10N2OS. The van der Waals surface area contributed by atoms with Gasteiger partial charge in [-0.1, -0.05) is 6.92 Å². The van der Waals surface area contributed by atoms with Gasteiger partial charge in [-0.25, -0.2) is 0 Å². The van der Waals surface area contributed by atoms with E-state index in [9.17, 15) is 4.79 Å². The number of rotatable bonds is 0. The molecule has 3 unspecified atom stereocenters. The normalized spacial score (nSPS) is 33.4. The number of hydrogen-bond donors (Lipinski definition) is 0. The van der Waals surface area contributed by atoms with Gasteiger partial charge in [0.1, 0.15) is 17.7 Å². The van der Waals surface area contributed by atoms with Crippen LogP contribution in [0.25, 0.3) is 0 Å². The second kappa shape index (κ2) is 3.72. The van der Waals surface area contributed by atoms with Gasteiger partial charge >= 0.3 is 0 Å². The molecule has 1 aliphatic carbocycles. The molecule has 0 amide bonds. The van der Waals surface area contributed by atoms with Gasteiger partial charge in [0.15, 0.2) is 5.78 Å². The topological polar surface area (TPSA) is 64.7 Å². The Kier molecular flexibility index (Phi) is 2.54. The van der Waals surface area contributed by atoms with Gasteiger partial charge in [0, 0.05) is 17.6 Å². The molecule has 1 saturated heterocycles. The predicted molar refractivity (Wildman–Crippen MR) is 56.8 cm³/mol. The van der Waals surface area contributed by atoms with Crippen molar-refractivity contribution in [3.8, 4) is 12.1 Å². The molecule has 1 aliphatic heterocycles. The molecule has 0 aromatic carbocycles. The first kappa shape index (κ1) is 10.3. The van der Waals surface area contributed by atoms with Crippen LogP contribution in [0.3, 0.4) is 0 Å². The lowest BCUT2D eigenvalue weighted by Crippen LogP contribution is -2.11. The van der Waals surface area contributed by atoms with Crippen LogP contribution in [0.2, 0.25) is 0 Å². The van der Waals surface area contributed by atoms with E-state index in [1.165, 1.54) is 0 Å². The zero-order chi connectivity index (χ0) is 11.0. The summed E-state index contributed by atoms with van der Waals surface area (Å²) in [6, 6.07) is 3.80.